The van der Waals surface area contributed by atoms with Gasteiger partial charge in [-0.1, -0.05) is 23.4 Å². The van der Waals surface area contributed by atoms with Gasteiger partial charge in [-0.25, -0.2) is 0 Å². The highest BCUT2D eigenvalue weighted by molar-refractivity contribution is 7.99. The largest absolute Gasteiger partial charge is 0.414 e. The zero-order chi connectivity index (χ0) is 17.6. The molecule has 1 amide bonds. The minimum Gasteiger partial charge on any atom is -0.414 e. The molecule has 1 fully saturated rings. The lowest BCUT2D eigenvalue weighted by Crippen LogP contribution is -2.42. The molecule has 0 spiro atoms. The van der Waals surface area contributed by atoms with E-state index in [0.717, 1.165) is 25.1 Å². The van der Waals surface area contributed by atoms with Crippen LogP contribution in [0.4, 0.5) is 5.69 Å². The van der Waals surface area contributed by atoms with Crippen LogP contribution in [0.15, 0.2) is 33.9 Å². The first-order valence-electron chi connectivity index (χ1n) is 8.36. The van der Waals surface area contributed by atoms with E-state index in [0.29, 0.717) is 34.5 Å². The van der Waals surface area contributed by atoms with E-state index < -0.39 is 0 Å². The van der Waals surface area contributed by atoms with Gasteiger partial charge in [0.25, 0.3) is 5.22 Å². The van der Waals surface area contributed by atoms with Gasteiger partial charge < -0.3 is 14.6 Å². The summed E-state index contributed by atoms with van der Waals surface area (Å²) in [4.78, 5) is 14.3. The first kappa shape index (κ1) is 18.1. The number of hydrogen-bond donors (Lipinski definition) is 1. The maximum atomic E-state index is 12.3. The molecule has 134 valence electrons. The number of aromatic nitrogens is 2. The van der Waals surface area contributed by atoms with Crippen LogP contribution in [-0.4, -0.2) is 39.3 Å². The normalized spacial score (nSPS) is 17.5. The van der Waals surface area contributed by atoms with E-state index in [2.05, 4.69) is 22.4 Å². The molecule has 2 heterocycles. The molecule has 0 unspecified atom stereocenters. The predicted molar refractivity (Wildman–Crippen MR) is 98.8 cm³/mol. The number of likely N-dealkylation sites (tertiary alicyclic amines) is 1. The molecule has 0 aliphatic carbocycles. The van der Waals surface area contributed by atoms with Crippen LogP contribution < -0.4 is 5.32 Å². The van der Waals surface area contributed by atoms with Crippen molar-refractivity contribution < 1.29 is 9.21 Å². The van der Waals surface area contributed by atoms with Crippen molar-refractivity contribution >= 4 is 35.0 Å². The fraction of sp³-hybridized carbons (Fsp3) is 0.471. The van der Waals surface area contributed by atoms with Crippen molar-refractivity contribution in [1.82, 2.24) is 15.1 Å². The quantitative estimate of drug-likeness (QED) is 0.768. The number of nitrogens with one attached hydrogen (secondary N) is 1. The maximum Gasteiger partial charge on any atom is 0.277 e. The molecule has 1 aliphatic heterocycles. The van der Waals surface area contributed by atoms with Gasteiger partial charge in [0.05, 0.1) is 12.3 Å². The fourth-order valence-electron chi connectivity index (χ4n) is 2.79. The average Bonchev–Trinajstić information content (AvgIpc) is 3.07. The zero-order valence-corrected chi connectivity index (χ0v) is 15.6. The third kappa shape index (κ3) is 5.12. The minimum atomic E-state index is 0.135. The second-order valence-corrected chi connectivity index (χ2v) is 7.41. The number of thioether (sulfide) groups is 1. The number of rotatable bonds is 6. The van der Waals surface area contributed by atoms with Gasteiger partial charge in [0, 0.05) is 23.3 Å². The second-order valence-electron chi connectivity index (χ2n) is 6.04. The molecule has 1 N–H and O–H groups in total. The van der Waals surface area contributed by atoms with Crippen molar-refractivity contribution in [3.63, 3.8) is 0 Å². The highest BCUT2D eigenvalue weighted by Crippen LogP contribution is 2.21. The number of carbonyl (C=O) groups excluding carboxylic acids is 1. The summed E-state index contributed by atoms with van der Waals surface area (Å²) in [5.41, 5.74) is 0.922. The Morgan fingerprint density at radius 2 is 2.16 bits per heavy atom. The highest BCUT2D eigenvalue weighted by atomic mass is 35.5. The van der Waals surface area contributed by atoms with Gasteiger partial charge in [-0.3, -0.25) is 4.79 Å². The minimum absolute atomic E-state index is 0.135. The van der Waals surface area contributed by atoms with Gasteiger partial charge in [0.15, 0.2) is 0 Å². The van der Waals surface area contributed by atoms with Crippen LogP contribution in [0.3, 0.4) is 0 Å². The number of hydrogen-bond acceptors (Lipinski definition) is 6. The smallest absolute Gasteiger partial charge is 0.277 e. The number of halogens is 1. The van der Waals surface area contributed by atoms with Gasteiger partial charge in [0.1, 0.15) is 0 Å². The molecule has 1 aliphatic rings. The van der Waals surface area contributed by atoms with Crippen LogP contribution in [0, 0.1) is 0 Å². The van der Waals surface area contributed by atoms with Crippen molar-refractivity contribution in [2.75, 3.05) is 17.6 Å². The lowest BCUT2D eigenvalue weighted by atomic mass is 10.0. The number of piperidine rings is 1. The Hall–Kier alpha value is -1.73. The Kier molecular flexibility index (Phi) is 6.20. The molecule has 6 nitrogen and oxygen atoms in total. The van der Waals surface area contributed by atoms with Crippen molar-refractivity contribution in [1.29, 1.82) is 0 Å². The molecule has 25 heavy (non-hydrogen) atoms. The van der Waals surface area contributed by atoms with Crippen LogP contribution in [0.1, 0.15) is 32.1 Å². The van der Waals surface area contributed by atoms with E-state index in [4.69, 9.17) is 16.0 Å². The highest BCUT2D eigenvalue weighted by Gasteiger charge is 2.23. The summed E-state index contributed by atoms with van der Waals surface area (Å²) in [6.45, 7) is 3.38. The summed E-state index contributed by atoms with van der Waals surface area (Å²) in [7, 11) is 0. The first-order chi connectivity index (χ1) is 12.1. The number of amides is 1. The number of benzene rings is 1. The Balaban J connectivity index is 1.46. The molecule has 8 heteroatoms. The fourth-order valence-corrected chi connectivity index (χ4v) is 3.58. The average molecular weight is 381 g/mol. The third-order valence-electron chi connectivity index (χ3n) is 4.18. The van der Waals surface area contributed by atoms with Crippen LogP contribution in [0.5, 0.6) is 0 Å². The molecule has 1 saturated heterocycles. The molecular formula is C17H21ClN4O2S. The predicted octanol–water partition coefficient (Wildman–Crippen LogP) is 3.83. The van der Waals surface area contributed by atoms with Crippen LogP contribution in [-0.2, 0) is 11.3 Å². The Morgan fingerprint density at radius 1 is 1.36 bits per heavy atom. The molecule has 2 aromatic rings. The van der Waals surface area contributed by atoms with E-state index in [1.807, 2.05) is 29.2 Å². The van der Waals surface area contributed by atoms with Crippen molar-refractivity contribution in [3.05, 3.63) is 35.2 Å². The van der Waals surface area contributed by atoms with E-state index in [1.165, 1.54) is 18.2 Å². The van der Waals surface area contributed by atoms with Crippen molar-refractivity contribution in [2.45, 2.75) is 44.0 Å². The van der Waals surface area contributed by atoms with Gasteiger partial charge in [-0.2, -0.15) is 0 Å². The van der Waals surface area contributed by atoms with Gasteiger partial charge >= 0.3 is 0 Å². The summed E-state index contributed by atoms with van der Waals surface area (Å²) in [5.74, 6) is 0.948. The van der Waals surface area contributed by atoms with Gasteiger partial charge in [0.2, 0.25) is 11.8 Å². The standard InChI is InChI=1S/C17H21ClN4O2S/c1-12-4-2-3-9-22(12)16(23)11-25-17-21-20-15(24-17)10-19-14-7-5-13(18)6-8-14/h5-8,12,19H,2-4,9-11H2,1H3/t12-/m1/s1. The Bertz CT molecular complexity index is 707. The second kappa shape index (κ2) is 8.58. The summed E-state index contributed by atoms with van der Waals surface area (Å²) < 4.78 is 5.58. The van der Waals surface area contributed by atoms with Crippen LogP contribution >= 0.6 is 23.4 Å². The molecule has 0 saturated carbocycles. The number of carbonyl (C=O) groups is 1. The van der Waals surface area contributed by atoms with E-state index in [1.54, 1.807) is 0 Å². The summed E-state index contributed by atoms with van der Waals surface area (Å²) in [6.07, 6.45) is 3.37. The number of nitrogens with zero attached hydrogens (tertiary/aromatic N) is 3. The molecule has 0 radical (unpaired) electrons. The van der Waals surface area contributed by atoms with Crippen LogP contribution in [0.2, 0.25) is 5.02 Å². The van der Waals surface area contributed by atoms with Crippen LogP contribution in [0.25, 0.3) is 0 Å². The van der Waals surface area contributed by atoms with Crippen molar-refractivity contribution in [2.24, 2.45) is 0 Å². The third-order valence-corrected chi connectivity index (χ3v) is 5.23. The lowest BCUT2D eigenvalue weighted by Gasteiger charge is -2.33. The Morgan fingerprint density at radius 3 is 2.92 bits per heavy atom. The maximum absolute atomic E-state index is 12.3. The zero-order valence-electron chi connectivity index (χ0n) is 14.1. The Labute approximate surface area is 156 Å². The number of anilines is 1. The molecule has 1 aromatic carbocycles. The monoisotopic (exact) mass is 380 g/mol. The molecule has 0 bridgehead atoms. The van der Waals surface area contributed by atoms with E-state index >= 15 is 0 Å². The lowest BCUT2D eigenvalue weighted by molar-refractivity contribution is -0.131. The molecule has 3 rings (SSSR count). The molecule has 1 atom stereocenters. The summed E-state index contributed by atoms with van der Waals surface area (Å²) in [5, 5.41) is 12.3. The molecular weight excluding hydrogens is 360 g/mol. The van der Waals surface area contributed by atoms with Gasteiger partial charge in [-0.15, -0.1) is 10.2 Å². The topological polar surface area (TPSA) is 71.3 Å². The van der Waals surface area contributed by atoms with Crippen molar-refractivity contribution in [3.8, 4) is 0 Å². The first-order valence-corrected chi connectivity index (χ1v) is 9.72. The van der Waals surface area contributed by atoms with E-state index in [-0.39, 0.29) is 5.91 Å². The SMILES string of the molecule is C[C@@H]1CCCCN1C(=O)CSc1nnc(CNc2ccc(Cl)cc2)o1. The summed E-state index contributed by atoms with van der Waals surface area (Å²) in [6, 6.07) is 7.71. The van der Waals surface area contributed by atoms with E-state index in [9.17, 15) is 4.79 Å². The molecule has 1 aromatic heterocycles. The van der Waals surface area contributed by atoms with Gasteiger partial charge in [-0.05, 0) is 50.5 Å². The summed E-state index contributed by atoms with van der Waals surface area (Å²) >= 11 is 7.15.